The van der Waals surface area contributed by atoms with Crippen LogP contribution in [0, 0.1) is 0 Å². The second-order valence-corrected chi connectivity index (χ2v) is 5.30. The molecule has 1 unspecified atom stereocenters. The highest BCUT2D eigenvalue weighted by Gasteiger charge is 2.07. The van der Waals surface area contributed by atoms with Crippen LogP contribution in [0.2, 0.25) is 5.02 Å². The van der Waals surface area contributed by atoms with Crippen LogP contribution in [0.5, 0.6) is 0 Å². The zero-order valence-electron chi connectivity index (χ0n) is 11.1. The Hall–Kier alpha value is -1.31. The standard InChI is InChI=1S/C17H19ClO/c1-2-13-3-5-14(6-4-13)11-17(19)12-15-7-9-16(18)10-8-15/h3-10,17,19H,2,11-12H2,1H3. The van der Waals surface area contributed by atoms with Crippen molar-refractivity contribution in [1.29, 1.82) is 0 Å². The van der Waals surface area contributed by atoms with Gasteiger partial charge < -0.3 is 5.11 Å². The first-order valence-electron chi connectivity index (χ1n) is 6.67. The van der Waals surface area contributed by atoms with Gasteiger partial charge in [-0.15, -0.1) is 0 Å². The maximum absolute atomic E-state index is 10.1. The summed E-state index contributed by atoms with van der Waals surface area (Å²) in [6.07, 6.45) is 2.04. The summed E-state index contributed by atoms with van der Waals surface area (Å²) in [6, 6.07) is 16.1. The topological polar surface area (TPSA) is 20.2 Å². The number of hydrogen-bond donors (Lipinski definition) is 1. The molecule has 0 fully saturated rings. The van der Waals surface area contributed by atoms with Crippen molar-refractivity contribution in [1.82, 2.24) is 0 Å². The van der Waals surface area contributed by atoms with Crippen molar-refractivity contribution in [3.63, 3.8) is 0 Å². The first-order chi connectivity index (χ1) is 9.17. The monoisotopic (exact) mass is 274 g/mol. The Morgan fingerprint density at radius 3 is 1.74 bits per heavy atom. The second kappa shape index (κ2) is 6.74. The summed E-state index contributed by atoms with van der Waals surface area (Å²) in [7, 11) is 0. The van der Waals surface area contributed by atoms with E-state index in [4.69, 9.17) is 11.6 Å². The van der Waals surface area contributed by atoms with Crippen molar-refractivity contribution in [2.45, 2.75) is 32.3 Å². The number of hydrogen-bond acceptors (Lipinski definition) is 1. The summed E-state index contributed by atoms with van der Waals surface area (Å²) in [5.41, 5.74) is 3.62. The van der Waals surface area contributed by atoms with Gasteiger partial charge in [-0.1, -0.05) is 54.9 Å². The molecule has 1 N–H and O–H groups in total. The Balaban J connectivity index is 1.92. The third-order valence-electron chi connectivity index (χ3n) is 3.29. The van der Waals surface area contributed by atoms with Crippen LogP contribution in [-0.2, 0) is 19.3 Å². The molecule has 0 spiro atoms. The summed E-state index contributed by atoms with van der Waals surface area (Å²) < 4.78 is 0. The Morgan fingerprint density at radius 1 is 0.842 bits per heavy atom. The highest BCUT2D eigenvalue weighted by atomic mass is 35.5. The zero-order chi connectivity index (χ0) is 13.7. The van der Waals surface area contributed by atoms with Crippen LogP contribution in [0.15, 0.2) is 48.5 Å². The maximum atomic E-state index is 10.1. The van der Waals surface area contributed by atoms with E-state index in [9.17, 15) is 5.11 Å². The van der Waals surface area contributed by atoms with Gasteiger partial charge in [-0.3, -0.25) is 0 Å². The summed E-state index contributed by atoms with van der Waals surface area (Å²) in [5.74, 6) is 0. The van der Waals surface area contributed by atoms with Gasteiger partial charge in [0.15, 0.2) is 0 Å². The molecule has 0 radical (unpaired) electrons. The van der Waals surface area contributed by atoms with Crippen LogP contribution >= 0.6 is 11.6 Å². The van der Waals surface area contributed by atoms with E-state index in [-0.39, 0.29) is 6.10 Å². The Morgan fingerprint density at radius 2 is 1.26 bits per heavy atom. The fourth-order valence-electron chi connectivity index (χ4n) is 2.15. The van der Waals surface area contributed by atoms with Gasteiger partial charge >= 0.3 is 0 Å². The molecule has 100 valence electrons. The molecule has 2 aromatic rings. The van der Waals surface area contributed by atoms with Crippen molar-refractivity contribution >= 4 is 11.6 Å². The van der Waals surface area contributed by atoms with Crippen LogP contribution in [0.4, 0.5) is 0 Å². The van der Waals surface area contributed by atoms with E-state index in [1.807, 2.05) is 24.3 Å². The minimum atomic E-state index is -0.353. The van der Waals surface area contributed by atoms with Gasteiger partial charge in [0.05, 0.1) is 6.10 Å². The molecule has 0 aliphatic heterocycles. The van der Waals surface area contributed by atoms with Crippen molar-refractivity contribution in [2.24, 2.45) is 0 Å². The highest BCUT2D eigenvalue weighted by molar-refractivity contribution is 6.30. The highest BCUT2D eigenvalue weighted by Crippen LogP contribution is 2.13. The minimum Gasteiger partial charge on any atom is -0.392 e. The molecule has 2 rings (SSSR count). The molecule has 19 heavy (non-hydrogen) atoms. The number of rotatable bonds is 5. The van der Waals surface area contributed by atoms with Gasteiger partial charge in [-0.2, -0.15) is 0 Å². The number of benzene rings is 2. The minimum absolute atomic E-state index is 0.353. The molecule has 0 amide bonds. The van der Waals surface area contributed by atoms with E-state index in [2.05, 4.69) is 31.2 Å². The third kappa shape index (κ3) is 4.38. The molecule has 1 atom stereocenters. The van der Waals surface area contributed by atoms with Crippen molar-refractivity contribution in [3.8, 4) is 0 Å². The number of aliphatic hydroxyl groups is 1. The molecular weight excluding hydrogens is 256 g/mol. The Kier molecular flexibility index (Phi) is 5.00. The van der Waals surface area contributed by atoms with E-state index in [0.717, 1.165) is 17.0 Å². The molecule has 2 aromatic carbocycles. The first-order valence-corrected chi connectivity index (χ1v) is 7.05. The fourth-order valence-corrected chi connectivity index (χ4v) is 2.27. The summed E-state index contributed by atoms with van der Waals surface area (Å²) in [4.78, 5) is 0. The lowest BCUT2D eigenvalue weighted by molar-refractivity contribution is 0.175. The first kappa shape index (κ1) is 14.1. The summed E-state index contributed by atoms with van der Waals surface area (Å²) >= 11 is 5.84. The lowest BCUT2D eigenvalue weighted by Gasteiger charge is -2.11. The number of aliphatic hydroxyl groups excluding tert-OH is 1. The smallest absolute Gasteiger partial charge is 0.0620 e. The average Bonchev–Trinajstić information content (AvgIpc) is 2.42. The number of halogens is 1. The Bertz CT molecular complexity index is 502. The SMILES string of the molecule is CCc1ccc(CC(O)Cc2ccc(Cl)cc2)cc1. The molecule has 0 aromatic heterocycles. The quantitative estimate of drug-likeness (QED) is 0.872. The molecule has 2 heteroatoms. The Labute approximate surface area is 119 Å². The molecule has 0 saturated carbocycles. The average molecular weight is 275 g/mol. The second-order valence-electron chi connectivity index (χ2n) is 4.86. The van der Waals surface area contributed by atoms with Gasteiger partial charge in [0.1, 0.15) is 0 Å². The van der Waals surface area contributed by atoms with Gasteiger partial charge in [0, 0.05) is 5.02 Å². The molecule has 1 nitrogen and oxygen atoms in total. The third-order valence-corrected chi connectivity index (χ3v) is 3.54. The molecule has 0 aliphatic rings. The lowest BCUT2D eigenvalue weighted by atomic mass is 10.0. The van der Waals surface area contributed by atoms with E-state index in [1.165, 1.54) is 11.1 Å². The normalized spacial score (nSPS) is 12.4. The van der Waals surface area contributed by atoms with Crippen LogP contribution in [0.3, 0.4) is 0 Å². The number of aryl methyl sites for hydroxylation is 1. The van der Waals surface area contributed by atoms with Crippen molar-refractivity contribution < 1.29 is 5.11 Å². The van der Waals surface area contributed by atoms with Crippen LogP contribution in [0.25, 0.3) is 0 Å². The van der Waals surface area contributed by atoms with Crippen LogP contribution < -0.4 is 0 Å². The molecule has 0 heterocycles. The lowest BCUT2D eigenvalue weighted by Crippen LogP contribution is -2.13. The van der Waals surface area contributed by atoms with E-state index < -0.39 is 0 Å². The van der Waals surface area contributed by atoms with Gasteiger partial charge in [0.25, 0.3) is 0 Å². The van der Waals surface area contributed by atoms with Crippen molar-refractivity contribution in [2.75, 3.05) is 0 Å². The van der Waals surface area contributed by atoms with Crippen LogP contribution in [0.1, 0.15) is 23.6 Å². The molecule has 0 bridgehead atoms. The molecular formula is C17H19ClO. The van der Waals surface area contributed by atoms with E-state index in [0.29, 0.717) is 12.8 Å². The molecule has 0 aliphatic carbocycles. The fraction of sp³-hybridized carbons (Fsp3) is 0.294. The zero-order valence-corrected chi connectivity index (χ0v) is 11.9. The summed E-state index contributed by atoms with van der Waals surface area (Å²) in [6.45, 7) is 2.14. The van der Waals surface area contributed by atoms with Crippen molar-refractivity contribution in [3.05, 3.63) is 70.2 Å². The predicted octanol–water partition coefficient (Wildman–Crippen LogP) is 4.05. The maximum Gasteiger partial charge on any atom is 0.0620 e. The molecule has 0 saturated heterocycles. The predicted molar refractivity (Wildman–Crippen MR) is 80.7 cm³/mol. The van der Waals surface area contributed by atoms with E-state index >= 15 is 0 Å². The largest absolute Gasteiger partial charge is 0.392 e. The van der Waals surface area contributed by atoms with E-state index in [1.54, 1.807) is 0 Å². The van der Waals surface area contributed by atoms with Gasteiger partial charge in [-0.05, 0) is 48.1 Å². The summed E-state index contributed by atoms with van der Waals surface area (Å²) in [5, 5.41) is 10.8. The van der Waals surface area contributed by atoms with Gasteiger partial charge in [-0.25, -0.2) is 0 Å². The van der Waals surface area contributed by atoms with Gasteiger partial charge in [0.2, 0.25) is 0 Å². The van der Waals surface area contributed by atoms with Crippen LogP contribution in [-0.4, -0.2) is 11.2 Å².